The van der Waals surface area contributed by atoms with Crippen molar-refractivity contribution in [2.75, 3.05) is 5.32 Å². The van der Waals surface area contributed by atoms with E-state index in [9.17, 15) is 22.4 Å². The van der Waals surface area contributed by atoms with Crippen LogP contribution in [-0.2, 0) is 0 Å². The van der Waals surface area contributed by atoms with Crippen LogP contribution >= 0.6 is 0 Å². The van der Waals surface area contributed by atoms with E-state index < -0.39 is 41.8 Å². The Morgan fingerprint density at radius 3 is 2.55 bits per heavy atom. The van der Waals surface area contributed by atoms with Crippen molar-refractivity contribution < 1.29 is 27.1 Å². The molecule has 0 aliphatic carbocycles. The molecule has 0 saturated heterocycles. The van der Waals surface area contributed by atoms with Crippen molar-refractivity contribution in [1.29, 1.82) is 0 Å². The van der Waals surface area contributed by atoms with Gasteiger partial charge in [-0.3, -0.25) is 0 Å². The molecule has 0 aliphatic rings. The zero-order valence-electron chi connectivity index (χ0n) is 14.7. The number of nitrogens with one attached hydrogen (secondary N) is 2. The van der Waals surface area contributed by atoms with E-state index in [1.807, 2.05) is 0 Å². The lowest BCUT2D eigenvalue weighted by atomic mass is 10.2. The van der Waals surface area contributed by atoms with Crippen LogP contribution < -0.4 is 15.4 Å². The summed E-state index contributed by atoms with van der Waals surface area (Å²) >= 11 is 0. The van der Waals surface area contributed by atoms with Gasteiger partial charge in [0.2, 0.25) is 0 Å². The molecule has 13 heteroatoms. The predicted molar refractivity (Wildman–Crippen MR) is 90.5 cm³/mol. The predicted octanol–water partition coefficient (Wildman–Crippen LogP) is 2.82. The third-order valence-corrected chi connectivity index (χ3v) is 3.54. The maximum atomic E-state index is 14.0. The molecule has 2 N–H and O–H groups in total. The fraction of sp³-hybridized carbons (Fsp3) is 0.188. The third-order valence-electron chi connectivity index (χ3n) is 3.54. The Hall–Kier alpha value is -3.77. The number of carbonyl (C=O) groups excluding carboxylic acids is 1. The van der Waals surface area contributed by atoms with Crippen molar-refractivity contribution >= 4 is 11.7 Å². The van der Waals surface area contributed by atoms with Gasteiger partial charge in [0.25, 0.3) is 5.95 Å². The SMILES string of the molecule is CC(NC(=O)Nc1cc(F)c(OC(F)F)cc1F)c1ncnn1-c1ncccn1. The van der Waals surface area contributed by atoms with Gasteiger partial charge in [-0.05, 0) is 13.0 Å². The lowest BCUT2D eigenvalue weighted by Gasteiger charge is -2.15. The molecule has 2 aromatic heterocycles. The monoisotopic (exact) mass is 411 g/mol. The zero-order valence-corrected chi connectivity index (χ0v) is 14.7. The first-order chi connectivity index (χ1) is 13.8. The Balaban J connectivity index is 1.71. The molecule has 3 rings (SSSR count). The summed E-state index contributed by atoms with van der Waals surface area (Å²) in [5.41, 5.74) is -0.568. The van der Waals surface area contributed by atoms with E-state index in [0.717, 1.165) is 0 Å². The highest BCUT2D eigenvalue weighted by Crippen LogP contribution is 2.26. The number of urea groups is 1. The summed E-state index contributed by atoms with van der Waals surface area (Å²) in [6.07, 6.45) is 4.23. The van der Waals surface area contributed by atoms with Crippen LogP contribution in [0.15, 0.2) is 36.9 Å². The summed E-state index contributed by atoms with van der Waals surface area (Å²) in [6, 6.07) is 0.916. The summed E-state index contributed by atoms with van der Waals surface area (Å²) in [7, 11) is 0. The van der Waals surface area contributed by atoms with Crippen molar-refractivity contribution in [2.45, 2.75) is 19.6 Å². The molecule has 152 valence electrons. The number of aromatic nitrogens is 5. The Morgan fingerprint density at radius 1 is 1.14 bits per heavy atom. The van der Waals surface area contributed by atoms with Crippen LogP contribution in [0.4, 0.5) is 28.0 Å². The van der Waals surface area contributed by atoms with Crippen LogP contribution in [0.1, 0.15) is 18.8 Å². The second-order valence-corrected chi connectivity index (χ2v) is 5.54. The van der Waals surface area contributed by atoms with Crippen LogP contribution in [0.5, 0.6) is 5.75 Å². The van der Waals surface area contributed by atoms with Crippen LogP contribution in [-0.4, -0.2) is 37.4 Å². The highest BCUT2D eigenvalue weighted by molar-refractivity contribution is 5.89. The number of amides is 2. The molecule has 0 spiro atoms. The van der Waals surface area contributed by atoms with Crippen molar-refractivity contribution in [3.05, 3.63) is 54.4 Å². The number of rotatable bonds is 6. The number of anilines is 1. The highest BCUT2D eigenvalue weighted by atomic mass is 19.3. The number of alkyl halides is 2. The summed E-state index contributed by atoms with van der Waals surface area (Å²) in [5, 5.41) is 8.53. The van der Waals surface area contributed by atoms with Gasteiger partial charge in [0.05, 0.1) is 11.7 Å². The van der Waals surface area contributed by atoms with E-state index in [0.29, 0.717) is 12.1 Å². The molecule has 29 heavy (non-hydrogen) atoms. The molecule has 2 amide bonds. The minimum absolute atomic E-state index is 0.219. The highest BCUT2D eigenvalue weighted by Gasteiger charge is 2.20. The molecule has 0 bridgehead atoms. The standard InChI is InChI=1S/C16H13F4N7O2/c1-8(13-23-7-24-27(13)15-21-3-2-4-22-15)25-16(28)26-11-5-10(18)12(6-9(11)17)29-14(19)20/h2-8,14H,1H3,(H2,25,26,28). The van der Waals surface area contributed by atoms with E-state index in [1.54, 1.807) is 13.0 Å². The Labute approximate surface area is 160 Å². The largest absolute Gasteiger partial charge is 0.432 e. The molecule has 3 aromatic rings. The number of benzene rings is 1. The molecule has 1 unspecified atom stereocenters. The number of hydrogen-bond donors (Lipinski definition) is 2. The normalized spacial score (nSPS) is 11.9. The summed E-state index contributed by atoms with van der Waals surface area (Å²) in [6.45, 7) is -1.75. The van der Waals surface area contributed by atoms with Gasteiger partial charge in [-0.2, -0.15) is 18.6 Å². The Morgan fingerprint density at radius 2 is 1.86 bits per heavy atom. The molecular weight excluding hydrogens is 398 g/mol. The van der Waals surface area contributed by atoms with Gasteiger partial charge >= 0.3 is 12.6 Å². The van der Waals surface area contributed by atoms with Gasteiger partial charge in [0.15, 0.2) is 23.2 Å². The molecule has 0 aliphatic heterocycles. The molecule has 2 heterocycles. The van der Waals surface area contributed by atoms with Gasteiger partial charge in [0.1, 0.15) is 6.33 Å². The quantitative estimate of drug-likeness (QED) is 0.604. The van der Waals surface area contributed by atoms with Crippen molar-refractivity contribution in [3.63, 3.8) is 0 Å². The third kappa shape index (κ3) is 4.75. The first kappa shape index (κ1) is 20.0. The number of halogens is 4. The lowest BCUT2D eigenvalue weighted by molar-refractivity contribution is -0.0523. The first-order valence-electron chi connectivity index (χ1n) is 8.04. The van der Waals surface area contributed by atoms with Crippen molar-refractivity contribution in [3.8, 4) is 11.7 Å². The molecule has 9 nitrogen and oxygen atoms in total. The number of ether oxygens (including phenoxy) is 1. The van der Waals surface area contributed by atoms with Crippen LogP contribution in [0, 0.1) is 11.6 Å². The Bertz CT molecular complexity index is 1000. The van der Waals surface area contributed by atoms with Crippen molar-refractivity contribution in [1.82, 2.24) is 30.0 Å². The topological polar surface area (TPSA) is 107 Å². The number of carbonyl (C=O) groups is 1. The van der Waals surface area contributed by atoms with E-state index in [2.05, 4.69) is 35.4 Å². The number of nitrogens with zero attached hydrogens (tertiary/aromatic N) is 5. The summed E-state index contributed by atoms with van der Waals surface area (Å²) in [5.74, 6) is -2.91. The smallest absolute Gasteiger partial charge is 0.387 e. The molecule has 1 atom stereocenters. The average Bonchev–Trinajstić information content (AvgIpc) is 3.16. The van der Waals surface area contributed by atoms with Crippen LogP contribution in [0.25, 0.3) is 5.95 Å². The van der Waals surface area contributed by atoms with Gasteiger partial charge in [-0.15, -0.1) is 0 Å². The van der Waals surface area contributed by atoms with Gasteiger partial charge in [-0.1, -0.05) is 0 Å². The fourth-order valence-electron chi connectivity index (χ4n) is 2.33. The fourth-order valence-corrected chi connectivity index (χ4v) is 2.33. The van der Waals surface area contributed by atoms with E-state index in [4.69, 9.17) is 0 Å². The zero-order chi connectivity index (χ0) is 21.0. The minimum atomic E-state index is -3.32. The van der Waals surface area contributed by atoms with Gasteiger partial charge < -0.3 is 15.4 Å². The molecular formula is C16H13F4N7O2. The minimum Gasteiger partial charge on any atom is -0.432 e. The molecule has 0 radical (unpaired) electrons. The van der Waals surface area contributed by atoms with Crippen LogP contribution in [0.2, 0.25) is 0 Å². The van der Waals surface area contributed by atoms with E-state index in [-0.39, 0.29) is 11.8 Å². The van der Waals surface area contributed by atoms with Crippen molar-refractivity contribution in [2.24, 2.45) is 0 Å². The molecule has 0 saturated carbocycles. The summed E-state index contributed by atoms with van der Waals surface area (Å²) < 4.78 is 57.2. The van der Waals surface area contributed by atoms with E-state index in [1.165, 1.54) is 23.4 Å². The van der Waals surface area contributed by atoms with Crippen LogP contribution in [0.3, 0.4) is 0 Å². The van der Waals surface area contributed by atoms with Gasteiger partial charge in [0, 0.05) is 24.5 Å². The lowest BCUT2D eigenvalue weighted by Crippen LogP contribution is -2.33. The number of hydrogen-bond acceptors (Lipinski definition) is 6. The maximum Gasteiger partial charge on any atom is 0.387 e. The summed E-state index contributed by atoms with van der Waals surface area (Å²) in [4.78, 5) is 24.2. The second kappa shape index (κ2) is 8.50. The maximum absolute atomic E-state index is 14.0. The second-order valence-electron chi connectivity index (χ2n) is 5.54. The molecule has 1 aromatic carbocycles. The van der Waals surface area contributed by atoms with E-state index >= 15 is 0 Å². The van der Waals surface area contributed by atoms with Gasteiger partial charge in [-0.25, -0.2) is 28.5 Å². The average molecular weight is 411 g/mol. The molecule has 0 fully saturated rings. The first-order valence-corrected chi connectivity index (χ1v) is 8.04. The Kier molecular flexibility index (Phi) is 5.85.